The number of ether oxygens (including phenoxy) is 1. The summed E-state index contributed by atoms with van der Waals surface area (Å²) < 4.78 is 7.63. The van der Waals surface area contributed by atoms with Gasteiger partial charge in [0, 0.05) is 25.3 Å². The number of piperidine rings is 1. The summed E-state index contributed by atoms with van der Waals surface area (Å²) in [5, 5.41) is 9.73. The highest BCUT2D eigenvalue weighted by molar-refractivity contribution is 6.00. The zero-order chi connectivity index (χ0) is 18.4. The van der Waals surface area contributed by atoms with Crippen LogP contribution in [0.2, 0.25) is 0 Å². The second-order valence-corrected chi connectivity index (χ2v) is 7.11. The van der Waals surface area contributed by atoms with Crippen molar-refractivity contribution in [3.05, 3.63) is 28.0 Å². The van der Waals surface area contributed by atoms with Crippen LogP contribution < -0.4 is 20.8 Å². The van der Waals surface area contributed by atoms with Crippen molar-refractivity contribution >= 4 is 28.2 Å². The van der Waals surface area contributed by atoms with Gasteiger partial charge < -0.3 is 25.0 Å². The molecule has 0 spiro atoms. The van der Waals surface area contributed by atoms with Crippen LogP contribution in [-0.2, 0) is 0 Å². The fraction of sp³-hybridized carbons (Fsp3) is 0.474. The zero-order valence-corrected chi connectivity index (χ0v) is 14.8. The highest BCUT2D eigenvalue weighted by Gasteiger charge is 2.30. The average molecular weight is 357 g/mol. The summed E-state index contributed by atoms with van der Waals surface area (Å²) in [7, 11) is 1.58. The SMILES string of the molecule is COc1c(N2CCCCC2)c(N)cc2c(=O)c(C(=O)O)cn(C3CC3)c12. The number of hydrogen-bond donors (Lipinski definition) is 2. The smallest absolute Gasteiger partial charge is 0.341 e. The molecule has 2 aromatic rings. The third-order valence-electron chi connectivity index (χ3n) is 5.32. The highest BCUT2D eigenvalue weighted by Crippen LogP contribution is 2.45. The Morgan fingerprint density at radius 3 is 2.54 bits per heavy atom. The van der Waals surface area contributed by atoms with E-state index < -0.39 is 11.4 Å². The van der Waals surface area contributed by atoms with E-state index in [1.807, 2.05) is 4.57 Å². The molecule has 1 aliphatic carbocycles. The van der Waals surface area contributed by atoms with Gasteiger partial charge in [-0.3, -0.25) is 4.79 Å². The van der Waals surface area contributed by atoms with Gasteiger partial charge in [0.25, 0.3) is 0 Å². The summed E-state index contributed by atoms with van der Waals surface area (Å²) in [4.78, 5) is 26.5. The van der Waals surface area contributed by atoms with Gasteiger partial charge in [0.15, 0.2) is 5.75 Å². The Bertz CT molecular complexity index is 940. The number of benzene rings is 1. The monoisotopic (exact) mass is 357 g/mol. The Morgan fingerprint density at radius 2 is 1.96 bits per heavy atom. The van der Waals surface area contributed by atoms with Gasteiger partial charge >= 0.3 is 5.97 Å². The average Bonchev–Trinajstić information content (AvgIpc) is 3.47. The number of carbonyl (C=O) groups is 1. The molecule has 26 heavy (non-hydrogen) atoms. The lowest BCUT2D eigenvalue weighted by atomic mass is 10.0. The minimum absolute atomic E-state index is 0.197. The van der Waals surface area contributed by atoms with Crippen LogP contribution in [0, 0.1) is 0 Å². The van der Waals surface area contributed by atoms with E-state index in [1.165, 1.54) is 12.6 Å². The minimum atomic E-state index is -1.22. The predicted octanol–water partition coefficient (Wildman–Crippen LogP) is 2.62. The molecular weight excluding hydrogens is 334 g/mol. The molecule has 1 saturated carbocycles. The van der Waals surface area contributed by atoms with Crippen molar-refractivity contribution < 1.29 is 14.6 Å². The van der Waals surface area contributed by atoms with Gasteiger partial charge in [-0.15, -0.1) is 0 Å². The van der Waals surface area contributed by atoms with E-state index in [2.05, 4.69) is 4.90 Å². The van der Waals surface area contributed by atoms with Gasteiger partial charge in [-0.2, -0.15) is 0 Å². The number of carboxylic acids is 1. The lowest BCUT2D eigenvalue weighted by molar-refractivity contribution is 0.0695. The number of carboxylic acid groups (broad SMARTS) is 1. The molecule has 2 heterocycles. The minimum Gasteiger partial charge on any atom is -0.492 e. The van der Waals surface area contributed by atoms with Crippen LogP contribution in [0.3, 0.4) is 0 Å². The third kappa shape index (κ3) is 2.58. The van der Waals surface area contributed by atoms with Gasteiger partial charge in [0.05, 0.1) is 23.7 Å². The summed E-state index contributed by atoms with van der Waals surface area (Å²) in [6.07, 6.45) is 6.76. The van der Waals surface area contributed by atoms with Gasteiger partial charge in [-0.1, -0.05) is 0 Å². The Hall–Kier alpha value is -2.70. The van der Waals surface area contributed by atoms with Crippen LogP contribution in [0.4, 0.5) is 11.4 Å². The molecule has 0 radical (unpaired) electrons. The van der Waals surface area contributed by atoms with E-state index in [1.54, 1.807) is 13.2 Å². The molecule has 7 heteroatoms. The Labute approximate surface area is 151 Å². The normalized spacial score (nSPS) is 17.5. The zero-order valence-electron chi connectivity index (χ0n) is 14.8. The number of nitrogen functional groups attached to an aromatic ring is 1. The van der Waals surface area contributed by atoms with E-state index in [0.717, 1.165) is 44.5 Å². The van der Waals surface area contributed by atoms with E-state index >= 15 is 0 Å². The van der Waals surface area contributed by atoms with Crippen molar-refractivity contribution in [2.75, 3.05) is 30.8 Å². The fourth-order valence-electron chi connectivity index (χ4n) is 3.92. The summed E-state index contributed by atoms with van der Waals surface area (Å²) in [5.41, 5.74) is 7.50. The molecule has 1 aromatic heterocycles. The Morgan fingerprint density at radius 1 is 1.27 bits per heavy atom. The molecule has 1 aromatic carbocycles. The molecule has 2 aliphatic rings. The van der Waals surface area contributed by atoms with Crippen LogP contribution in [0.25, 0.3) is 10.9 Å². The molecule has 0 unspecified atom stereocenters. The number of rotatable bonds is 4. The molecule has 0 atom stereocenters. The van der Waals surface area contributed by atoms with Crippen LogP contribution in [0.1, 0.15) is 48.5 Å². The number of methoxy groups -OCH3 is 1. The number of aromatic nitrogens is 1. The molecule has 2 fully saturated rings. The summed E-state index contributed by atoms with van der Waals surface area (Å²) >= 11 is 0. The molecule has 0 bridgehead atoms. The molecule has 138 valence electrons. The lowest BCUT2D eigenvalue weighted by Gasteiger charge is -2.32. The van der Waals surface area contributed by atoms with E-state index in [0.29, 0.717) is 22.3 Å². The number of anilines is 2. The van der Waals surface area contributed by atoms with E-state index in [4.69, 9.17) is 10.5 Å². The Balaban J connectivity index is 2.05. The second kappa shape index (κ2) is 6.23. The van der Waals surface area contributed by atoms with Crippen LogP contribution >= 0.6 is 0 Å². The largest absolute Gasteiger partial charge is 0.492 e. The van der Waals surface area contributed by atoms with Gasteiger partial charge in [0.2, 0.25) is 5.43 Å². The van der Waals surface area contributed by atoms with Gasteiger partial charge in [-0.25, -0.2) is 4.79 Å². The maximum absolute atomic E-state index is 12.8. The number of nitrogens with zero attached hydrogens (tertiary/aromatic N) is 2. The van der Waals surface area contributed by atoms with E-state index in [-0.39, 0.29) is 11.6 Å². The van der Waals surface area contributed by atoms with Crippen molar-refractivity contribution in [2.45, 2.75) is 38.1 Å². The standard InChI is InChI=1S/C19H23N3O4/c1-26-18-15-12(9-14(20)16(18)21-7-3-2-4-8-21)17(23)13(19(24)25)10-22(15)11-5-6-11/h9-11H,2-8,20H2,1H3,(H,24,25). The first-order chi connectivity index (χ1) is 12.5. The van der Waals surface area contributed by atoms with Crippen molar-refractivity contribution in [1.29, 1.82) is 0 Å². The molecule has 1 saturated heterocycles. The molecule has 7 nitrogen and oxygen atoms in total. The quantitative estimate of drug-likeness (QED) is 0.816. The molecule has 1 aliphatic heterocycles. The maximum Gasteiger partial charge on any atom is 0.341 e. The van der Waals surface area contributed by atoms with Crippen molar-refractivity contribution in [3.63, 3.8) is 0 Å². The molecule has 3 N–H and O–H groups in total. The number of hydrogen-bond acceptors (Lipinski definition) is 5. The number of fused-ring (bicyclic) bond motifs is 1. The predicted molar refractivity (Wildman–Crippen MR) is 100 cm³/mol. The van der Waals surface area contributed by atoms with Gasteiger partial charge in [-0.05, 0) is 38.2 Å². The first-order valence-corrected chi connectivity index (χ1v) is 9.06. The van der Waals surface area contributed by atoms with E-state index in [9.17, 15) is 14.7 Å². The van der Waals surface area contributed by atoms with Crippen LogP contribution in [0.15, 0.2) is 17.1 Å². The van der Waals surface area contributed by atoms with Gasteiger partial charge in [0.1, 0.15) is 11.3 Å². The number of aromatic carboxylic acids is 1. The van der Waals surface area contributed by atoms with Crippen LogP contribution in [0.5, 0.6) is 5.75 Å². The maximum atomic E-state index is 12.8. The second-order valence-electron chi connectivity index (χ2n) is 7.11. The first kappa shape index (κ1) is 16.8. The topological polar surface area (TPSA) is 97.8 Å². The molecular formula is C19H23N3O4. The van der Waals surface area contributed by atoms with Crippen molar-refractivity contribution in [2.24, 2.45) is 0 Å². The van der Waals surface area contributed by atoms with Crippen molar-refractivity contribution in [1.82, 2.24) is 4.57 Å². The first-order valence-electron chi connectivity index (χ1n) is 9.06. The molecule has 4 rings (SSSR count). The summed E-state index contributed by atoms with van der Waals surface area (Å²) in [5.74, 6) is -0.646. The third-order valence-corrected chi connectivity index (χ3v) is 5.32. The van der Waals surface area contributed by atoms with Crippen molar-refractivity contribution in [3.8, 4) is 5.75 Å². The number of pyridine rings is 1. The number of nitrogens with two attached hydrogens (primary N) is 1. The van der Waals surface area contributed by atoms with Crippen LogP contribution in [-0.4, -0.2) is 35.8 Å². The fourth-order valence-corrected chi connectivity index (χ4v) is 3.92. The lowest BCUT2D eigenvalue weighted by Crippen LogP contribution is -2.31. The molecule has 0 amide bonds. The Kier molecular flexibility index (Phi) is 4.01. The summed E-state index contributed by atoms with van der Waals surface area (Å²) in [6.45, 7) is 1.79. The highest BCUT2D eigenvalue weighted by atomic mass is 16.5. The summed E-state index contributed by atoms with van der Waals surface area (Å²) in [6, 6.07) is 1.82.